The maximum atomic E-state index is 4.71. The van der Waals surface area contributed by atoms with Crippen LogP contribution in [0, 0.1) is 11.8 Å². The molecule has 0 amide bonds. The Balaban J connectivity index is 1.74. The molecule has 2 aromatic rings. The lowest BCUT2D eigenvalue weighted by molar-refractivity contribution is 0.133. The predicted octanol–water partition coefficient (Wildman–Crippen LogP) is 3.02. The van der Waals surface area contributed by atoms with Crippen molar-refractivity contribution in [2.45, 2.75) is 26.8 Å². The third-order valence-corrected chi connectivity index (χ3v) is 3.98. The van der Waals surface area contributed by atoms with Crippen molar-refractivity contribution in [2.75, 3.05) is 13.1 Å². The number of nitrogens with zero attached hydrogens (tertiary/aromatic N) is 4. The summed E-state index contributed by atoms with van der Waals surface area (Å²) in [6.07, 6.45) is 6.75. The fourth-order valence-corrected chi connectivity index (χ4v) is 3.27. The minimum absolute atomic E-state index is 0.773. The molecular formula is C17H22N4. The molecule has 4 heteroatoms. The molecule has 2 atom stereocenters. The summed E-state index contributed by atoms with van der Waals surface area (Å²) in [5, 5.41) is 0. The third kappa shape index (κ3) is 3.64. The lowest BCUT2D eigenvalue weighted by Crippen LogP contribution is -2.38. The van der Waals surface area contributed by atoms with Crippen molar-refractivity contribution >= 4 is 0 Å². The fourth-order valence-electron chi connectivity index (χ4n) is 3.27. The second-order valence-corrected chi connectivity index (χ2v) is 6.25. The topological polar surface area (TPSA) is 41.9 Å². The average molecular weight is 282 g/mol. The smallest absolute Gasteiger partial charge is 0.159 e. The van der Waals surface area contributed by atoms with Gasteiger partial charge in [0.15, 0.2) is 5.82 Å². The maximum absolute atomic E-state index is 4.71. The molecule has 1 fully saturated rings. The molecule has 2 unspecified atom stereocenters. The van der Waals surface area contributed by atoms with Gasteiger partial charge in [0.2, 0.25) is 0 Å². The number of piperidine rings is 1. The Kier molecular flexibility index (Phi) is 4.25. The molecule has 3 rings (SSSR count). The zero-order valence-corrected chi connectivity index (χ0v) is 12.7. The van der Waals surface area contributed by atoms with Gasteiger partial charge in [-0.15, -0.1) is 0 Å². The molecular weight excluding hydrogens is 260 g/mol. The van der Waals surface area contributed by atoms with Crippen LogP contribution in [0.3, 0.4) is 0 Å². The SMILES string of the molecule is CC1CC(C)CN(Cc2ccnc(-c3ccncc3)n2)C1. The summed E-state index contributed by atoms with van der Waals surface area (Å²) in [6, 6.07) is 5.92. The van der Waals surface area contributed by atoms with E-state index < -0.39 is 0 Å². The molecule has 3 heterocycles. The average Bonchev–Trinajstić information content (AvgIpc) is 2.47. The van der Waals surface area contributed by atoms with Crippen LogP contribution in [0.1, 0.15) is 26.0 Å². The maximum Gasteiger partial charge on any atom is 0.159 e. The number of likely N-dealkylation sites (tertiary alicyclic amines) is 1. The Bertz CT molecular complexity index is 574. The van der Waals surface area contributed by atoms with Gasteiger partial charge < -0.3 is 0 Å². The van der Waals surface area contributed by atoms with Gasteiger partial charge in [0.25, 0.3) is 0 Å². The summed E-state index contributed by atoms with van der Waals surface area (Å²) >= 11 is 0. The van der Waals surface area contributed by atoms with Crippen molar-refractivity contribution in [3.8, 4) is 11.4 Å². The molecule has 110 valence electrons. The zero-order valence-electron chi connectivity index (χ0n) is 12.7. The first-order chi connectivity index (χ1) is 10.2. The Morgan fingerprint density at radius 2 is 1.76 bits per heavy atom. The highest BCUT2D eigenvalue weighted by Gasteiger charge is 2.22. The fraction of sp³-hybridized carbons (Fsp3) is 0.471. The number of rotatable bonds is 3. The predicted molar refractivity (Wildman–Crippen MR) is 83.5 cm³/mol. The second kappa shape index (κ2) is 6.31. The number of hydrogen-bond donors (Lipinski definition) is 0. The normalized spacial score (nSPS) is 23.1. The summed E-state index contributed by atoms with van der Waals surface area (Å²) in [5.74, 6) is 2.33. The monoisotopic (exact) mass is 282 g/mol. The number of aromatic nitrogens is 3. The molecule has 0 aliphatic carbocycles. The lowest BCUT2D eigenvalue weighted by Gasteiger charge is -2.34. The molecule has 0 saturated carbocycles. The molecule has 0 bridgehead atoms. The van der Waals surface area contributed by atoms with E-state index >= 15 is 0 Å². The van der Waals surface area contributed by atoms with Gasteiger partial charge in [0, 0.05) is 43.8 Å². The zero-order chi connectivity index (χ0) is 14.7. The molecule has 0 radical (unpaired) electrons. The molecule has 2 aromatic heterocycles. The van der Waals surface area contributed by atoms with Crippen LogP contribution in [0.5, 0.6) is 0 Å². The lowest BCUT2D eigenvalue weighted by atomic mass is 9.92. The van der Waals surface area contributed by atoms with Crippen LogP contribution in [0.25, 0.3) is 11.4 Å². The molecule has 0 N–H and O–H groups in total. The summed E-state index contributed by atoms with van der Waals surface area (Å²) in [5.41, 5.74) is 2.12. The van der Waals surface area contributed by atoms with Crippen LogP contribution >= 0.6 is 0 Å². The largest absolute Gasteiger partial charge is 0.297 e. The number of hydrogen-bond acceptors (Lipinski definition) is 4. The van der Waals surface area contributed by atoms with Gasteiger partial charge in [-0.25, -0.2) is 9.97 Å². The minimum Gasteiger partial charge on any atom is -0.297 e. The Hall–Kier alpha value is -1.81. The first-order valence-corrected chi connectivity index (χ1v) is 7.65. The quantitative estimate of drug-likeness (QED) is 0.868. The molecule has 0 aromatic carbocycles. The van der Waals surface area contributed by atoms with Crippen molar-refractivity contribution in [3.63, 3.8) is 0 Å². The number of pyridine rings is 1. The highest BCUT2D eigenvalue weighted by atomic mass is 15.1. The van der Waals surface area contributed by atoms with E-state index in [1.165, 1.54) is 19.5 Å². The van der Waals surface area contributed by atoms with E-state index in [1.807, 2.05) is 24.4 Å². The van der Waals surface area contributed by atoms with Gasteiger partial charge in [-0.2, -0.15) is 0 Å². The third-order valence-electron chi connectivity index (χ3n) is 3.98. The van der Waals surface area contributed by atoms with Crippen molar-refractivity contribution in [3.05, 3.63) is 42.5 Å². The van der Waals surface area contributed by atoms with Crippen molar-refractivity contribution < 1.29 is 0 Å². The molecule has 1 saturated heterocycles. The minimum atomic E-state index is 0.773. The van der Waals surface area contributed by atoms with Gasteiger partial charge in [-0.1, -0.05) is 13.8 Å². The second-order valence-electron chi connectivity index (χ2n) is 6.25. The molecule has 0 spiro atoms. The van der Waals surface area contributed by atoms with E-state index in [-0.39, 0.29) is 0 Å². The van der Waals surface area contributed by atoms with E-state index in [9.17, 15) is 0 Å². The first-order valence-electron chi connectivity index (χ1n) is 7.65. The van der Waals surface area contributed by atoms with Crippen LogP contribution in [-0.2, 0) is 6.54 Å². The van der Waals surface area contributed by atoms with Crippen LogP contribution < -0.4 is 0 Å². The van der Waals surface area contributed by atoms with Crippen molar-refractivity contribution in [1.82, 2.24) is 19.9 Å². The van der Waals surface area contributed by atoms with E-state index in [0.717, 1.165) is 35.5 Å². The van der Waals surface area contributed by atoms with Crippen LogP contribution in [-0.4, -0.2) is 32.9 Å². The molecule has 21 heavy (non-hydrogen) atoms. The van der Waals surface area contributed by atoms with Gasteiger partial charge in [-0.05, 0) is 36.5 Å². The Morgan fingerprint density at radius 1 is 1.05 bits per heavy atom. The van der Waals surface area contributed by atoms with E-state index in [0.29, 0.717) is 0 Å². The summed E-state index contributed by atoms with van der Waals surface area (Å²) in [4.78, 5) is 15.6. The van der Waals surface area contributed by atoms with Crippen molar-refractivity contribution in [2.24, 2.45) is 11.8 Å². The van der Waals surface area contributed by atoms with E-state index in [2.05, 4.69) is 28.7 Å². The molecule has 1 aliphatic heterocycles. The summed E-state index contributed by atoms with van der Waals surface area (Å²) in [6.45, 7) is 7.92. The van der Waals surface area contributed by atoms with Gasteiger partial charge in [-0.3, -0.25) is 9.88 Å². The van der Waals surface area contributed by atoms with Crippen LogP contribution in [0.15, 0.2) is 36.8 Å². The highest BCUT2D eigenvalue weighted by Crippen LogP contribution is 2.22. The van der Waals surface area contributed by atoms with Crippen molar-refractivity contribution in [1.29, 1.82) is 0 Å². The summed E-state index contributed by atoms with van der Waals surface area (Å²) < 4.78 is 0. The van der Waals surface area contributed by atoms with E-state index in [1.54, 1.807) is 12.4 Å². The summed E-state index contributed by atoms with van der Waals surface area (Å²) in [7, 11) is 0. The van der Waals surface area contributed by atoms with Gasteiger partial charge in [0.1, 0.15) is 0 Å². The Morgan fingerprint density at radius 3 is 2.48 bits per heavy atom. The first kappa shape index (κ1) is 14.1. The molecule has 1 aliphatic rings. The standard InChI is InChI=1S/C17H22N4/c1-13-9-14(2)11-21(10-13)12-16-5-8-19-17(20-16)15-3-6-18-7-4-15/h3-8,13-14H,9-12H2,1-2H3. The van der Waals surface area contributed by atoms with Gasteiger partial charge in [0.05, 0.1) is 5.69 Å². The van der Waals surface area contributed by atoms with E-state index in [4.69, 9.17) is 4.98 Å². The molecule has 4 nitrogen and oxygen atoms in total. The van der Waals surface area contributed by atoms with Gasteiger partial charge >= 0.3 is 0 Å². The van der Waals surface area contributed by atoms with Crippen LogP contribution in [0.2, 0.25) is 0 Å². The highest BCUT2D eigenvalue weighted by molar-refractivity contribution is 5.53. The Labute approximate surface area is 126 Å². The van der Waals surface area contributed by atoms with Crippen LogP contribution in [0.4, 0.5) is 0 Å².